The van der Waals surface area contributed by atoms with Gasteiger partial charge in [0.05, 0.1) is 6.42 Å². The summed E-state index contributed by atoms with van der Waals surface area (Å²) < 4.78 is 0. The second-order valence-electron chi connectivity index (χ2n) is 2.65. The molecule has 0 atom stereocenters. The van der Waals surface area contributed by atoms with Crippen LogP contribution in [0.1, 0.15) is 5.56 Å². The van der Waals surface area contributed by atoms with Gasteiger partial charge >= 0.3 is 0 Å². The predicted octanol–water partition coefficient (Wildman–Crippen LogP) is -0.121. The Labute approximate surface area is 70.3 Å². The molecule has 0 aliphatic carbocycles. The number of nitrogen functional groups attached to an aromatic ring is 2. The van der Waals surface area contributed by atoms with E-state index in [9.17, 15) is 4.79 Å². The Morgan fingerprint density at radius 2 is 1.67 bits per heavy atom. The average Bonchev–Trinajstić information content (AvgIpc) is 1.81. The fourth-order valence-electron chi connectivity index (χ4n) is 1.05. The van der Waals surface area contributed by atoms with E-state index in [-0.39, 0.29) is 12.3 Å². The molecule has 0 aliphatic heterocycles. The summed E-state index contributed by atoms with van der Waals surface area (Å²) in [6.07, 6.45) is 0.176. The van der Waals surface area contributed by atoms with Crippen molar-refractivity contribution in [3.05, 3.63) is 23.8 Å². The largest absolute Gasteiger partial charge is 0.399 e. The average molecular weight is 165 g/mol. The first-order valence-electron chi connectivity index (χ1n) is 3.51. The van der Waals surface area contributed by atoms with Crippen molar-refractivity contribution >= 4 is 17.3 Å². The van der Waals surface area contributed by atoms with Gasteiger partial charge in [0.25, 0.3) is 0 Å². The molecule has 0 aliphatic rings. The first-order valence-corrected chi connectivity index (χ1v) is 3.51. The zero-order valence-electron chi connectivity index (χ0n) is 6.58. The summed E-state index contributed by atoms with van der Waals surface area (Å²) in [6.45, 7) is 0. The molecule has 0 unspecified atom stereocenters. The summed E-state index contributed by atoms with van der Waals surface area (Å²) in [5.41, 5.74) is 17.9. The van der Waals surface area contributed by atoms with Crippen molar-refractivity contribution in [1.29, 1.82) is 0 Å². The zero-order valence-corrected chi connectivity index (χ0v) is 6.58. The Kier molecular flexibility index (Phi) is 2.19. The van der Waals surface area contributed by atoms with Crippen LogP contribution in [0.5, 0.6) is 0 Å². The molecule has 64 valence electrons. The quantitative estimate of drug-likeness (QED) is 0.533. The van der Waals surface area contributed by atoms with E-state index < -0.39 is 0 Å². The first kappa shape index (κ1) is 8.39. The minimum atomic E-state index is -0.389. The zero-order chi connectivity index (χ0) is 9.14. The van der Waals surface area contributed by atoms with E-state index in [0.717, 1.165) is 5.56 Å². The Morgan fingerprint density at radius 1 is 1.17 bits per heavy atom. The van der Waals surface area contributed by atoms with Gasteiger partial charge in [-0.2, -0.15) is 0 Å². The maximum Gasteiger partial charge on any atom is 0.221 e. The van der Waals surface area contributed by atoms with Crippen molar-refractivity contribution in [3.8, 4) is 0 Å². The van der Waals surface area contributed by atoms with Crippen LogP contribution in [0.4, 0.5) is 11.4 Å². The normalized spacial score (nSPS) is 9.67. The van der Waals surface area contributed by atoms with E-state index in [0.29, 0.717) is 11.4 Å². The molecule has 0 heterocycles. The fourth-order valence-corrected chi connectivity index (χ4v) is 1.05. The van der Waals surface area contributed by atoms with Crippen LogP contribution in [0.25, 0.3) is 0 Å². The molecule has 1 amide bonds. The number of amides is 1. The number of primary amides is 1. The molecule has 4 nitrogen and oxygen atoms in total. The van der Waals surface area contributed by atoms with Gasteiger partial charge in [0.15, 0.2) is 0 Å². The van der Waals surface area contributed by atoms with Gasteiger partial charge in [-0.25, -0.2) is 0 Å². The highest BCUT2D eigenvalue weighted by Crippen LogP contribution is 2.13. The lowest BCUT2D eigenvalue weighted by atomic mass is 10.1. The number of benzene rings is 1. The van der Waals surface area contributed by atoms with Gasteiger partial charge in [-0.05, 0) is 23.8 Å². The Hall–Kier alpha value is -1.71. The molecule has 0 spiro atoms. The molecule has 12 heavy (non-hydrogen) atoms. The summed E-state index contributed by atoms with van der Waals surface area (Å²) >= 11 is 0. The summed E-state index contributed by atoms with van der Waals surface area (Å²) in [7, 11) is 0. The van der Waals surface area contributed by atoms with E-state index in [1.54, 1.807) is 18.2 Å². The van der Waals surface area contributed by atoms with Gasteiger partial charge in [0.2, 0.25) is 5.91 Å². The molecular formula is C8H11N3O. The third kappa shape index (κ3) is 2.16. The van der Waals surface area contributed by atoms with Crippen LogP contribution < -0.4 is 17.2 Å². The Bertz CT molecular complexity index is 289. The van der Waals surface area contributed by atoms with Crippen LogP contribution in [-0.4, -0.2) is 5.91 Å². The van der Waals surface area contributed by atoms with Crippen LogP contribution in [0.3, 0.4) is 0 Å². The summed E-state index contributed by atoms with van der Waals surface area (Å²) in [6, 6.07) is 4.99. The minimum Gasteiger partial charge on any atom is -0.399 e. The van der Waals surface area contributed by atoms with Crippen LogP contribution in [0.15, 0.2) is 18.2 Å². The van der Waals surface area contributed by atoms with Crippen LogP contribution in [0, 0.1) is 0 Å². The molecule has 1 aromatic carbocycles. The van der Waals surface area contributed by atoms with E-state index >= 15 is 0 Å². The molecule has 1 aromatic rings. The third-order valence-corrected chi connectivity index (χ3v) is 1.42. The van der Waals surface area contributed by atoms with E-state index in [1.807, 2.05) is 0 Å². The van der Waals surface area contributed by atoms with Crippen LogP contribution in [0.2, 0.25) is 0 Å². The van der Waals surface area contributed by atoms with Gasteiger partial charge in [-0.15, -0.1) is 0 Å². The maximum absolute atomic E-state index is 10.5. The minimum absolute atomic E-state index is 0.176. The maximum atomic E-state index is 10.5. The number of nitrogens with two attached hydrogens (primary N) is 3. The molecule has 0 fully saturated rings. The smallest absolute Gasteiger partial charge is 0.221 e. The highest BCUT2D eigenvalue weighted by atomic mass is 16.1. The SMILES string of the molecule is NC(=O)Cc1cc(N)cc(N)c1. The lowest BCUT2D eigenvalue weighted by molar-refractivity contribution is -0.117. The number of rotatable bonds is 2. The van der Waals surface area contributed by atoms with E-state index in [4.69, 9.17) is 17.2 Å². The highest BCUT2D eigenvalue weighted by Gasteiger charge is 1.99. The number of hydrogen-bond donors (Lipinski definition) is 3. The molecule has 0 aromatic heterocycles. The molecule has 0 radical (unpaired) electrons. The highest BCUT2D eigenvalue weighted by molar-refractivity contribution is 5.77. The topological polar surface area (TPSA) is 95.1 Å². The van der Waals surface area contributed by atoms with E-state index in [2.05, 4.69) is 0 Å². The van der Waals surface area contributed by atoms with Gasteiger partial charge in [0, 0.05) is 11.4 Å². The lowest BCUT2D eigenvalue weighted by Gasteiger charge is -2.01. The summed E-state index contributed by atoms with van der Waals surface area (Å²) in [4.78, 5) is 10.5. The number of carbonyl (C=O) groups excluding carboxylic acids is 1. The van der Waals surface area contributed by atoms with Crippen molar-refractivity contribution in [3.63, 3.8) is 0 Å². The van der Waals surface area contributed by atoms with Crippen molar-refractivity contribution in [1.82, 2.24) is 0 Å². The van der Waals surface area contributed by atoms with Crippen LogP contribution in [-0.2, 0) is 11.2 Å². The van der Waals surface area contributed by atoms with Gasteiger partial charge in [0.1, 0.15) is 0 Å². The Balaban J connectivity index is 2.93. The molecule has 0 bridgehead atoms. The summed E-state index contributed by atoms with van der Waals surface area (Å²) in [5.74, 6) is -0.389. The van der Waals surface area contributed by atoms with E-state index in [1.165, 1.54) is 0 Å². The molecule has 4 heteroatoms. The van der Waals surface area contributed by atoms with Gasteiger partial charge in [-0.3, -0.25) is 4.79 Å². The molecule has 0 saturated carbocycles. The third-order valence-electron chi connectivity index (χ3n) is 1.42. The molecule has 6 N–H and O–H groups in total. The molecule has 1 rings (SSSR count). The second-order valence-corrected chi connectivity index (χ2v) is 2.65. The number of hydrogen-bond acceptors (Lipinski definition) is 3. The Morgan fingerprint density at radius 3 is 2.08 bits per heavy atom. The monoisotopic (exact) mass is 165 g/mol. The number of carbonyl (C=O) groups is 1. The predicted molar refractivity (Wildman–Crippen MR) is 48.2 cm³/mol. The van der Waals surface area contributed by atoms with Crippen molar-refractivity contribution in [2.45, 2.75) is 6.42 Å². The van der Waals surface area contributed by atoms with Crippen LogP contribution >= 0.6 is 0 Å². The van der Waals surface area contributed by atoms with Crippen molar-refractivity contribution < 1.29 is 4.79 Å². The summed E-state index contributed by atoms with van der Waals surface area (Å²) in [5, 5.41) is 0. The van der Waals surface area contributed by atoms with Gasteiger partial charge in [-0.1, -0.05) is 0 Å². The lowest BCUT2D eigenvalue weighted by Crippen LogP contribution is -2.13. The number of anilines is 2. The molecular weight excluding hydrogens is 154 g/mol. The first-order chi connectivity index (χ1) is 5.58. The second kappa shape index (κ2) is 3.13. The van der Waals surface area contributed by atoms with Crippen molar-refractivity contribution in [2.75, 3.05) is 11.5 Å². The van der Waals surface area contributed by atoms with Crippen molar-refractivity contribution in [2.24, 2.45) is 5.73 Å². The standard InChI is InChI=1S/C8H11N3O/c9-6-1-5(3-8(11)12)2-7(10)4-6/h1-2,4H,3,9-10H2,(H2,11,12). The fraction of sp³-hybridized carbons (Fsp3) is 0.125. The van der Waals surface area contributed by atoms with Gasteiger partial charge < -0.3 is 17.2 Å². The molecule has 0 saturated heterocycles.